The zero-order valence-corrected chi connectivity index (χ0v) is 35.1. The highest BCUT2D eigenvalue weighted by atomic mass is 15.1. The third-order valence-electron chi connectivity index (χ3n) is 13.3. The molecule has 0 spiro atoms. The van der Waals surface area contributed by atoms with Crippen molar-refractivity contribution in [2.24, 2.45) is 14.1 Å². The van der Waals surface area contributed by atoms with Crippen molar-refractivity contribution in [1.29, 1.82) is 0 Å². The fourth-order valence-electron chi connectivity index (χ4n) is 10.1. The van der Waals surface area contributed by atoms with Gasteiger partial charge in [-0.3, -0.25) is 0 Å². The maximum absolute atomic E-state index is 4.85. The van der Waals surface area contributed by atoms with E-state index in [1.54, 1.807) is 0 Å². The van der Waals surface area contributed by atoms with Crippen molar-refractivity contribution in [3.63, 3.8) is 0 Å². The van der Waals surface area contributed by atoms with Gasteiger partial charge in [-0.25, -0.2) is 9.97 Å². The molecule has 0 amide bonds. The lowest BCUT2D eigenvalue weighted by molar-refractivity contribution is 0.886. The summed E-state index contributed by atoms with van der Waals surface area (Å²) in [4.78, 5) is 9.70. The molecule has 0 saturated carbocycles. The Kier molecular flexibility index (Phi) is 8.07. The normalized spacial score (nSPS) is 11.9. The Hall–Kier alpha value is -7.82. The lowest BCUT2D eigenvalue weighted by Gasteiger charge is -2.22. The molecule has 12 rings (SSSR count). The summed E-state index contributed by atoms with van der Waals surface area (Å²) < 4.78 is 4.38. The SMILES string of the molecule is Cc1nc2ccc(-c3cccc4c(-c5c6cccc(-c7ccccc7)c6cc6c(-c7ccccc7)cccc56)c5cccc(-c6ccc7nc(C)n(C)c7c6)c5cc34)cc2n1C. The molecule has 4 heteroatoms. The van der Waals surface area contributed by atoms with Crippen LogP contribution in [0.4, 0.5) is 0 Å². The van der Waals surface area contributed by atoms with E-state index in [-0.39, 0.29) is 0 Å². The summed E-state index contributed by atoms with van der Waals surface area (Å²) in [5.41, 5.74) is 16.3. The highest BCUT2D eigenvalue weighted by Gasteiger charge is 2.22. The van der Waals surface area contributed by atoms with Crippen molar-refractivity contribution in [2.75, 3.05) is 0 Å². The average molecular weight is 795 g/mol. The summed E-state index contributed by atoms with van der Waals surface area (Å²) in [6, 6.07) is 67.5. The number of hydrogen-bond acceptors (Lipinski definition) is 2. The first-order valence-corrected chi connectivity index (χ1v) is 21.4. The van der Waals surface area contributed by atoms with Gasteiger partial charge in [0.15, 0.2) is 0 Å². The minimum absolute atomic E-state index is 1.00. The maximum atomic E-state index is 4.85. The molecule has 0 fully saturated rings. The van der Waals surface area contributed by atoms with Gasteiger partial charge in [-0.2, -0.15) is 0 Å². The minimum atomic E-state index is 1.00. The van der Waals surface area contributed by atoms with Crippen molar-refractivity contribution < 1.29 is 0 Å². The second kappa shape index (κ2) is 13.9. The molecule has 62 heavy (non-hydrogen) atoms. The lowest BCUT2D eigenvalue weighted by atomic mass is 9.81. The molecular weight excluding hydrogens is 753 g/mol. The number of imidazole rings is 2. The largest absolute Gasteiger partial charge is 0.331 e. The number of nitrogens with zero attached hydrogens (tertiary/aromatic N) is 4. The smallest absolute Gasteiger partial charge is 0.106 e. The molecule has 0 radical (unpaired) electrons. The Balaban J connectivity index is 1.27. The number of rotatable bonds is 5. The number of fused-ring (bicyclic) bond motifs is 6. The van der Waals surface area contributed by atoms with Crippen LogP contribution in [0.1, 0.15) is 11.6 Å². The van der Waals surface area contributed by atoms with E-state index in [0.717, 1.165) is 33.7 Å². The number of aromatic nitrogens is 4. The van der Waals surface area contributed by atoms with E-state index in [4.69, 9.17) is 9.97 Å². The Morgan fingerprint density at radius 1 is 0.306 bits per heavy atom. The third-order valence-corrected chi connectivity index (χ3v) is 13.3. The number of hydrogen-bond donors (Lipinski definition) is 0. The number of benzene rings is 10. The second-order valence-electron chi connectivity index (χ2n) is 16.7. The van der Waals surface area contributed by atoms with Gasteiger partial charge in [0.25, 0.3) is 0 Å². The summed E-state index contributed by atoms with van der Waals surface area (Å²) in [6.07, 6.45) is 0. The Morgan fingerprint density at radius 2 is 0.645 bits per heavy atom. The molecule has 10 aromatic carbocycles. The fourth-order valence-corrected chi connectivity index (χ4v) is 10.1. The van der Waals surface area contributed by atoms with Gasteiger partial charge < -0.3 is 9.13 Å². The van der Waals surface area contributed by atoms with Crippen molar-refractivity contribution in [3.8, 4) is 55.6 Å². The highest BCUT2D eigenvalue weighted by molar-refractivity contribution is 6.28. The van der Waals surface area contributed by atoms with Gasteiger partial charge in [0.05, 0.1) is 22.1 Å². The molecule has 0 aliphatic rings. The molecular formula is C58H42N4. The van der Waals surface area contributed by atoms with Crippen molar-refractivity contribution in [3.05, 3.63) is 194 Å². The Bertz CT molecular complexity index is 3540. The quantitative estimate of drug-likeness (QED) is 0.163. The Morgan fingerprint density at radius 3 is 1.00 bits per heavy atom. The van der Waals surface area contributed by atoms with Crippen LogP contribution in [0.25, 0.3) is 121 Å². The van der Waals surface area contributed by atoms with E-state index in [1.165, 1.54) is 98.7 Å². The molecule has 294 valence electrons. The van der Waals surface area contributed by atoms with E-state index in [0.29, 0.717) is 0 Å². The molecule has 0 aliphatic carbocycles. The van der Waals surface area contributed by atoms with Crippen molar-refractivity contribution in [2.45, 2.75) is 13.8 Å². The van der Waals surface area contributed by atoms with Gasteiger partial charge in [-0.15, -0.1) is 0 Å². The molecule has 2 heterocycles. The number of aryl methyl sites for hydroxylation is 4. The van der Waals surface area contributed by atoms with Crippen LogP contribution in [-0.4, -0.2) is 19.1 Å². The van der Waals surface area contributed by atoms with Gasteiger partial charge in [0.2, 0.25) is 0 Å². The molecule has 0 bridgehead atoms. The molecule has 4 nitrogen and oxygen atoms in total. The summed E-state index contributed by atoms with van der Waals surface area (Å²) in [7, 11) is 4.21. The van der Waals surface area contributed by atoms with E-state index in [9.17, 15) is 0 Å². The summed E-state index contributed by atoms with van der Waals surface area (Å²) >= 11 is 0. The standard InChI is InChI=1S/C58H42N4/c1-35-59-53-29-27-39(31-55(53)61(35)3)43-21-13-25-47-51(43)34-52-44(40-28-30-54-56(32-40)62(4)36(2)60-54)22-14-26-48(52)58(47)57-45-23-11-19-41(37-15-7-5-8-16-37)49(45)33-50-42(20-12-24-46(50)57)38-17-9-6-10-18-38/h5-34H,1-4H3. The van der Waals surface area contributed by atoms with Gasteiger partial charge >= 0.3 is 0 Å². The van der Waals surface area contributed by atoms with Gasteiger partial charge in [0.1, 0.15) is 11.6 Å². The van der Waals surface area contributed by atoms with Crippen LogP contribution >= 0.6 is 0 Å². The predicted octanol–water partition coefficient (Wildman–Crippen LogP) is 15.0. The van der Waals surface area contributed by atoms with Crippen molar-refractivity contribution in [1.82, 2.24) is 19.1 Å². The average Bonchev–Trinajstić information content (AvgIpc) is 3.77. The van der Waals surface area contributed by atoms with Crippen LogP contribution in [0.5, 0.6) is 0 Å². The molecule has 0 aliphatic heterocycles. The maximum Gasteiger partial charge on any atom is 0.106 e. The summed E-state index contributed by atoms with van der Waals surface area (Å²) in [5.74, 6) is 2.00. The molecule has 0 unspecified atom stereocenters. The molecule has 2 aromatic heterocycles. The monoisotopic (exact) mass is 794 g/mol. The molecule has 0 saturated heterocycles. The van der Waals surface area contributed by atoms with Crippen LogP contribution in [0.15, 0.2) is 182 Å². The highest BCUT2D eigenvalue weighted by Crippen LogP contribution is 2.49. The first-order chi connectivity index (χ1) is 30.4. The van der Waals surface area contributed by atoms with Gasteiger partial charge in [-0.1, -0.05) is 146 Å². The van der Waals surface area contributed by atoms with E-state index >= 15 is 0 Å². The van der Waals surface area contributed by atoms with Crippen LogP contribution < -0.4 is 0 Å². The van der Waals surface area contributed by atoms with Crippen LogP contribution in [0.2, 0.25) is 0 Å². The summed E-state index contributed by atoms with van der Waals surface area (Å²) in [6.45, 7) is 4.14. The molecule has 0 atom stereocenters. The lowest BCUT2D eigenvalue weighted by Crippen LogP contribution is -1.95. The third kappa shape index (κ3) is 5.46. The topological polar surface area (TPSA) is 35.6 Å². The van der Waals surface area contributed by atoms with Gasteiger partial charge in [-0.05, 0) is 149 Å². The van der Waals surface area contributed by atoms with Crippen LogP contribution in [0.3, 0.4) is 0 Å². The second-order valence-corrected chi connectivity index (χ2v) is 16.7. The van der Waals surface area contributed by atoms with E-state index in [2.05, 4.69) is 219 Å². The van der Waals surface area contributed by atoms with E-state index in [1.807, 2.05) is 0 Å². The minimum Gasteiger partial charge on any atom is -0.331 e. The zero-order valence-electron chi connectivity index (χ0n) is 35.1. The molecule has 12 aromatic rings. The van der Waals surface area contributed by atoms with Crippen molar-refractivity contribution >= 4 is 65.2 Å². The van der Waals surface area contributed by atoms with Gasteiger partial charge in [0, 0.05) is 14.1 Å². The fraction of sp³-hybridized carbons (Fsp3) is 0.0690. The summed E-state index contributed by atoms with van der Waals surface area (Å²) in [5, 5.41) is 9.78. The predicted molar refractivity (Wildman–Crippen MR) is 262 cm³/mol. The zero-order chi connectivity index (χ0) is 41.6. The first-order valence-electron chi connectivity index (χ1n) is 21.4. The Labute approximate surface area is 360 Å². The van der Waals surface area contributed by atoms with Crippen LogP contribution in [0, 0.1) is 13.8 Å². The molecule has 0 N–H and O–H groups in total. The first kappa shape index (κ1) is 36.1. The van der Waals surface area contributed by atoms with E-state index < -0.39 is 0 Å². The van der Waals surface area contributed by atoms with Crippen LogP contribution in [-0.2, 0) is 14.1 Å².